The molecular weight excluding hydrogens is 593 g/mol. The van der Waals surface area contributed by atoms with Crippen molar-refractivity contribution >= 4 is 61.6 Å². The van der Waals surface area contributed by atoms with Crippen molar-refractivity contribution in [2.24, 2.45) is 0 Å². The highest BCUT2D eigenvalue weighted by Gasteiger charge is 2.20. The number of hydrogen-bond donors (Lipinski definition) is 0. The molecule has 7 aromatic carbocycles. The van der Waals surface area contributed by atoms with E-state index in [1.54, 1.807) is 0 Å². The first-order valence-electron chi connectivity index (χ1n) is 15.7. The zero-order valence-corrected chi connectivity index (χ0v) is 26.2. The highest BCUT2D eigenvalue weighted by Crippen LogP contribution is 2.42. The maximum atomic E-state index is 4.85. The molecule has 0 amide bonds. The van der Waals surface area contributed by atoms with Crippen molar-refractivity contribution in [2.45, 2.75) is 0 Å². The maximum Gasteiger partial charge on any atom is 0.129 e. The third kappa shape index (κ3) is 4.68. The molecule has 2 aromatic heterocycles. The summed E-state index contributed by atoms with van der Waals surface area (Å²) in [5.41, 5.74) is 13.0. The van der Waals surface area contributed by atoms with Crippen LogP contribution in [0.3, 0.4) is 0 Å². The van der Waals surface area contributed by atoms with Gasteiger partial charge in [-0.3, -0.25) is 0 Å². The summed E-state index contributed by atoms with van der Waals surface area (Å²) in [4.78, 5) is 2.27. The van der Waals surface area contributed by atoms with Crippen LogP contribution in [0.1, 0.15) is 0 Å². The van der Waals surface area contributed by atoms with Gasteiger partial charge in [0, 0.05) is 33.4 Å². The maximum absolute atomic E-state index is 4.85. The number of para-hydroxylation sites is 3. The molecule has 0 fully saturated rings. The second-order valence-electron chi connectivity index (χ2n) is 11.6. The van der Waals surface area contributed by atoms with E-state index in [4.69, 9.17) is 8.75 Å². The van der Waals surface area contributed by atoms with Gasteiger partial charge < -0.3 is 9.47 Å². The van der Waals surface area contributed by atoms with E-state index in [0.29, 0.717) is 0 Å². The molecule has 222 valence electrons. The molecule has 0 aliphatic heterocycles. The molecular formula is C42H28N4S. The first kappa shape index (κ1) is 27.3. The van der Waals surface area contributed by atoms with Gasteiger partial charge in [0.15, 0.2) is 0 Å². The largest absolute Gasteiger partial charge is 0.309 e. The third-order valence-corrected chi connectivity index (χ3v) is 9.43. The molecule has 9 rings (SSSR count). The Morgan fingerprint density at radius 1 is 0.426 bits per heavy atom. The van der Waals surface area contributed by atoms with Gasteiger partial charge in [-0.05, 0) is 77.4 Å². The summed E-state index contributed by atoms with van der Waals surface area (Å²) >= 11 is 1.26. The summed E-state index contributed by atoms with van der Waals surface area (Å²) in [6, 6.07) is 60.1. The first-order chi connectivity index (χ1) is 23.3. The molecule has 9 aromatic rings. The van der Waals surface area contributed by atoms with Crippen LogP contribution in [0, 0.1) is 0 Å². The van der Waals surface area contributed by atoms with Crippen LogP contribution in [0.2, 0.25) is 0 Å². The summed E-state index contributed by atoms with van der Waals surface area (Å²) in [6.45, 7) is 0. The number of fused-ring (bicyclic) bond motifs is 4. The number of nitrogens with zero attached hydrogens (tertiary/aromatic N) is 4. The Balaban J connectivity index is 1.13. The van der Waals surface area contributed by atoms with Gasteiger partial charge >= 0.3 is 0 Å². The van der Waals surface area contributed by atoms with Gasteiger partial charge in [0.2, 0.25) is 0 Å². The lowest BCUT2D eigenvalue weighted by Crippen LogP contribution is -2.10. The van der Waals surface area contributed by atoms with Gasteiger partial charge in [0.05, 0.1) is 28.4 Å². The minimum Gasteiger partial charge on any atom is -0.309 e. The number of anilines is 3. The van der Waals surface area contributed by atoms with Crippen molar-refractivity contribution in [1.82, 2.24) is 13.3 Å². The Kier molecular flexibility index (Phi) is 6.61. The molecule has 0 unspecified atom stereocenters. The van der Waals surface area contributed by atoms with E-state index >= 15 is 0 Å². The highest BCUT2D eigenvalue weighted by molar-refractivity contribution is 7.00. The predicted octanol–water partition coefficient (Wildman–Crippen LogP) is 11.6. The second-order valence-corrected chi connectivity index (χ2v) is 12.1. The number of hydrogen-bond acceptors (Lipinski definition) is 4. The van der Waals surface area contributed by atoms with Crippen molar-refractivity contribution in [3.8, 4) is 27.9 Å². The molecule has 0 aliphatic carbocycles. The molecule has 0 atom stereocenters. The minimum atomic E-state index is 0.884. The average molecular weight is 621 g/mol. The molecule has 4 nitrogen and oxygen atoms in total. The molecule has 47 heavy (non-hydrogen) atoms. The smallest absolute Gasteiger partial charge is 0.129 e. The summed E-state index contributed by atoms with van der Waals surface area (Å²) in [7, 11) is 0. The van der Waals surface area contributed by atoms with Gasteiger partial charge in [-0.2, -0.15) is 8.75 Å². The number of aromatic nitrogens is 3. The van der Waals surface area contributed by atoms with Crippen molar-refractivity contribution in [3.05, 3.63) is 170 Å². The first-order valence-corrected chi connectivity index (χ1v) is 16.4. The molecule has 0 bridgehead atoms. The van der Waals surface area contributed by atoms with Gasteiger partial charge in [0.25, 0.3) is 0 Å². The lowest BCUT2D eigenvalue weighted by atomic mass is 10.0. The molecule has 0 aliphatic rings. The third-order valence-electron chi connectivity index (χ3n) is 8.90. The quantitative estimate of drug-likeness (QED) is 0.185. The van der Waals surface area contributed by atoms with Crippen LogP contribution >= 0.6 is 11.7 Å². The normalized spacial score (nSPS) is 11.4. The van der Waals surface area contributed by atoms with Crippen LogP contribution < -0.4 is 4.90 Å². The molecule has 0 saturated carbocycles. The Bertz CT molecular complexity index is 2440. The Labute approximate surface area is 276 Å². The van der Waals surface area contributed by atoms with Crippen molar-refractivity contribution in [1.29, 1.82) is 0 Å². The zero-order valence-electron chi connectivity index (χ0n) is 25.4. The minimum absolute atomic E-state index is 0.884. The SMILES string of the molecule is c1ccc(-c2ccc(N(c3ccccc3)c3ccc(-c4ccc(-n5c6ccccc6c6ccccc65)cc4)c4nsnc34)cc2)cc1. The van der Waals surface area contributed by atoms with E-state index in [0.717, 1.165) is 44.9 Å². The molecule has 2 heterocycles. The summed E-state index contributed by atoms with van der Waals surface area (Å²) in [5.74, 6) is 0. The number of rotatable bonds is 6. The van der Waals surface area contributed by atoms with E-state index in [9.17, 15) is 0 Å². The molecule has 0 spiro atoms. The molecule has 0 N–H and O–H groups in total. The van der Waals surface area contributed by atoms with E-state index in [2.05, 4.69) is 167 Å². The fourth-order valence-electron chi connectivity index (χ4n) is 6.70. The Morgan fingerprint density at radius 2 is 0.957 bits per heavy atom. The Hall–Kier alpha value is -6.04. The van der Waals surface area contributed by atoms with Crippen LogP contribution in [0.4, 0.5) is 17.1 Å². The fraction of sp³-hybridized carbons (Fsp3) is 0. The lowest BCUT2D eigenvalue weighted by molar-refractivity contribution is 1.18. The van der Waals surface area contributed by atoms with Crippen LogP contribution in [-0.2, 0) is 0 Å². The van der Waals surface area contributed by atoms with Crippen molar-refractivity contribution in [3.63, 3.8) is 0 Å². The highest BCUT2D eigenvalue weighted by atomic mass is 32.1. The van der Waals surface area contributed by atoms with Crippen LogP contribution in [0.5, 0.6) is 0 Å². The topological polar surface area (TPSA) is 34.0 Å². The zero-order chi connectivity index (χ0) is 31.2. The predicted molar refractivity (Wildman–Crippen MR) is 197 cm³/mol. The van der Waals surface area contributed by atoms with Gasteiger partial charge in [-0.15, -0.1) is 0 Å². The van der Waals surface area contributed by atoms with E-state index in [1.165, 1.54) is 44.7 Å². The summed E-state index contributed by atoms with van der Waals surface area (Å²) in [5, 5.41) is 2.52. The number of benzene rings is 7. The van der Waals surface area contributed by atoms with Gasteiger partial charge in [0.1, 0.15) is 11.0 Å². The van der Waals surface area contributed by atoms with Crippen LogP contribution in [0.25, 0.3) is 60.8 Å². The summed E-state index contributed by atoms with van der Waals surface area (Å²) in [6.07, 6.45) is 0. The Morgan fingerprint density at radius 3 is 1.64 bits per heavy atom. The average Bonchev–Trinajstić information content (AvgIpc) is 3.77. The summed E-state index contributed by atoms with van der Waals surface area (Å²) < 4.78 is 12.0. The molecule has 5 heteroatoms. The van der Waals surface area contributed by atoms with E-state index in [-0.39, 0.29) is 0 Å². The van der Waals surface area contributed by atoms with Gasteiger partial charge in [-0.1, -0.05) is 109 Å². The molecule has 0 radical (unpaired) electrons. The van der Waals surface area contributed by atoms with Gasteiger partial charge in [-0.25, -0.2) is 0 Å². The van der Waals surface area contributed by atoms with Crippen LogP contribution in [0.15, 0.2) is 170 Å². The lowest BCUT2D eigenvalue weighted by Gasteiger charge is -2.26. The van der Waals surface area contributed by atoms with Crippen molar-refractivity contribution in [2.75, 3.05) is 4.90 Å². The van der Waals surface area contributed by atoms with E-state index in [1.807, 2.05) is 12.1 Å². The van der Waals surface area contributed by atoms with E-state index < -0.39 is 0 Å². The van der Waals surface area contributed by atoms with Crippen molar-refractivity contribution < 1.29 is 0 Å². The standard InChI is InChI=1S/C42H28N4S/c1-3-11-29(12-4-1)30-19-23-33(24-20-30)45(32-13-5-2-6-14-32)40-28-27-35(41-42(40)44-47-43-41)31-21-25-34(26-22-31)46-38-17-9-7-15-36(38)37-16-8-10-18-39(37)46/h1-28H. The second kappa shape index (κ2) is 11.4. The molecule has 0 saturated heterocycles. The fourth-order valence-corrected chi connectivity index (χ4v) is 7.26. The van der Waals surface area contributed by atoms with Crippen LogP contribution in [-0.4, -0.2) is 13.3 Å². The monoisotopic (exact) mass is 620 g/mol.